The largest absolute Gasteiger partial charge is 0.493 e. The zero-order chi connectivity index (χ0) is 42.9. The second-order valence-electron chi connectivity index (χ2n) is 15.8. The van der Waals surface area contributed by atoms with Gasteiger partial charge in [0.15, 0.2) is 11.2 Å². The average molecular weight is 904 g/mol. The van der Waals surface area contributed by atoms with Gasteiger partial charge in [-0.25, -0.2) is 4.98 Å². The van der Waals surface area contributed by atoms with Gasteiger partial charge in [0.25, 0.3) is 5.91 Å². The van der Waals surface area contributed by atoms with E-state index in [1.54, 1.807) is 18.2 Å². The predicted octanol–water partition coefficient (Wildman–Crippen LogP) is 7.32. The Balaban J connectivity index is 0.00000622. The third-order valence-electron chi connectivity index (χ3n) is 12.1. The molecular formula is C42H47Cl2F3N8O5S. The highest BCUT2D eigenvalue weighted by atomic mass is 35.5. The Bertz CT molecular complexity index is 2220. The van der Waals surface area contributed by atoms with Crippen LogP contribution >= 0.6 is 36.6 Å². The Labute approximate surface area is 368 Å². The highest BCUT2D eigenvalue weighted by Crippen LogP contribution is 2.51. The van der Waals surface area contributed by atoms with Crippen LogP contribution in [-0.4, -0.2) is 76.3 Å². The number of rotatable bonds is 12. The van der Waals surface area contributed by atoms with Gasteiger partial charge in [0.2, 0.25) is 17.7 Å². The number of pyridine rings is 1. The fraction of sp³-hybridized carbons (Fsp3) is 0.476. The van der Waals surface area contributed by atoms with E-state index in [-0.39, 0.29) is 42.2 Å². The van der Waals surface area contributed by atoms with Crippen molar-refractivity contribution in [2.45, 2.75) is 101 Å². The number of halogens is 5. The molecule has 1 saturated carbocycles. The van der Waals surface area contributed by atoms with Crippen molar-refractivity contribution in [1.82, 2.24) is 15.2 Å². The number of amides is 4. The summed E-state index contributed by atoms with van der Waals surface area (Å²) in [5, 5.41) is 18.0. The van der Waals surface area contributed by atoms with Gasteiger partial charge < -0.3 is 20.3 Å². The Morgan fingerprint density at radius 2 is 1.82 bits per heavy atom. The molecule has 19 heteroatoms. The molecule has 4 fully saturated rings. The van der Waals surface area contributed by atoms with Gasteiger partial charge in [-0.1, -0.05) is 18.5 Å². The number of thiol groups is 1. The lowest BCUT2D eigenvalue weighted by Gasteiger charge is -2.44. The number of nitriles is 1. The lowest BCUT2D eigenvalue weighted by Crippen LogP contribution is -2.55. The number of aryl methyl sites for hydroxylation is 1. The Morgan fingerprint density at radius 1 is 1.10 bits per heavy atom. The second kappa shape index (κ2) is 18.7. The van der Waals surface area contributed by atoms with E-state index in [0.717, 1.165) is 56.6 Å². The molecule has 2 aromatic carbocycles. The summed E-state index contributed by atoms with van der Waals surface area (Å²) in [7, 11) is 0. The molecule has 61 heavy (non-hydrogen) atoms. The van der Waals surface area contributed by atoms with Crippen LogP contribution in [0.2, 0.25) is 5.02 Å². The summed E-state index contributed by atoms with van der Waals surface area (Å²) < 4.78 is 47.8. The van der Waals surface area contributed by atoms with Crippen LogP contribution in [0.1, 0.15) is 82.0 Å². The summed E-state index contributed by atoms with van der Waals surface area (Å²) in [6, 6.07) is 12.0. The molecule has 0 unspecified atom stereocenters. The predicted molar refractivity (Wildman–Crippen MR) is 230 cm³/mol. The number of imide groups is 1. The first-order chi connectivity index (χ1) is 28.6. The average Bonchev–Trinajstić information content (AvgIpc) is 3.44. The lowest BCUT2D eigenvalue weighted by molar-refractivity contribution is -0.138. The number of aromatic nitrogens is 1. The van der Waals surface area contributed by atoms with Crippen LogP contribution in [0.25, 0.3) is 0 Å². The van der Waals surface area contributed by atoms with Gasteiger partial charge in [-0.2, -0.15) is 18.4 Å². The van der Waals surface area contributed by atoms with Gasteiger partial charge in [0, 0.05) is 28.5 Å². The second-order valence-corrected chi connectivity index (χ2v) is 16.7. The minimum Gasteiger partial charge on any atom is -0.493 e. The molecule has 0 bridgehead atoms. The molecule has 7 rings (SSSR count). The molecule has 1 aromatic heterocycles. The third kappa shape index (κ3) is 9.52. The van der Waals surface area contributed by atoms with Crippen molar-refractivity contribution in [2.75, 3.05) is 40.1 Å². The maximum absolute atomic E-state index is 14.0. The van der Waals surface area contributed by atoms with E-state index in [4.69, 9.17) is 29.0 Å². The normalized spacial score (nSPS) is 21.0. The lowest BCUT2D eigenvalue weighted by atomic mass is 9.75. The molecule has 3 N–H and O–H groups in total. The zero-order valence-corrected chi connectivity index (χ0v) is 36.0. The topological polar surface area (TPSA) is 160 Å². The molecule has 3 aromatic rings. The van der Waals surface area contributed by atoms with Crippen molar-refractivity contribution >= 4 is 83.0 Å². The van der Waals surface area contributed by atoms with Crippen LogP contribution in [0.3, 0.4) is 0 Å². The monoisotopic (exact) mass is 902 g/mol. The Morgan fingerprint density at radius 3 is 2.46 bits per heavy atom. The van der Waals surface area contributed by atoms with Gasteiger partial charge in [-0.3, -0.25) is 34.3 Å². The summed E-state index contributed by atoms with van der Waals surface area (Å²) in [6.45, 7) is 5.83. The first-order valence-electron chi connectivity index (χ1n) is 20.1. The van der Waals surface area contributed by atoms with E-state index >= 15 is 0 Å². The number of alkyl halides is 3. The number of nitrogens with one attached hydrogen (secondary N) is 3. The molecule has 4 amide bonds. The molecule has 326 valence electrons. The van der Waals surface area contributed by atoms with E-state index in [1.165, 1.54) is 11.0 Å². The number of hydrogen-bond donors (Lipinski definition) is 4. The van der Waals surface area contributed by atoms with Gasteiger partial charge in [-0.05, 0) is 125 Å². The number of anilines is 4. The minimum absolute atomic E-state index is 0. The third-order valence-corrected chi connectivity index (χ3v) is 12.8. The Kier molecular flexibility index (Phi) is 14.0. The maximum atomic E-state index is 14.0. The zero-order valence-electron chi connectivity index (χ0n) is 33.6. The highest BCUT2D eigenvalue weighted by Gasteiger charge is 2.60. The van der Waals surface area contributed by atoms with Crippen LogP contribution < -0.4 is 30.5 Å². The first kappa shape index (κ1) is 45.8. The number of benzene rings is 2. The molecule has 13 nitrogen and oxygen atoms in total. The number of piperidine rings is 2. The number of hydrogen-bond acceptors (Lipinski definition) is 11. The summed E-state index contributed by atoms with van der Waals surface area (Å²) in [6.07, 6.45) is 1.94. The SMILES string of the molecule is CCc1cc(N2[C@@H](S)N(c3cnc(C#N)c(C(F)(F)F)c3)C(=O)C23CCC3)ccc1OCCC1CCN([C@H](C)C(=O)Nc2cc(Cl)cc(N[C@@H]3CCC(=O)NC3=O)c2)CC1.Cl. The van der Waals surface area contributed by atoms with Crippen molar-refractivity contribution in [1.29, 1.82) is 5.26 Å². The summed E-state index contributed by atoms with van der Waals surface area (Å²) >= 11 is 11.1. The molecule has 0 radical (unpaired) electrons. The number of ether oxygens (including phenoxy) is 1. The molecule has 4 heterocycles. The van der Waals surface area contributed by atoms with Crippen molar-refractivity contribution < 1.29 is 37.1 Å². The van der Waals surface area contributed by atoms with Crippen LogP contribution in [0, 0.1) is 17.2 Å². The van der Waals surface area contributed by atoms with Crippen molar-refractivity contribution in [2.24, 2.45) is 5.92 Å². The van der Waals surface area contributed by atoms with Gasteiger partial charge in [0.05, 0.1) is 30.1 Å². The quantitative estimate of drug-likeness (QED) is 0.107. The fourth-order valence-electron chi connectivity index (χ4n) is 8.54. The van der Waals surface area contributed by atoms with Crippen LogP contribution in [0.4, 0.5) is 35.9 Å². The van der Waals surface area contributed by atoms with E-state index in [1.807, 2.05) is 36.9 Å². The van der Waals surface area contributed by atoms with Gasteiger partial charge in [0.1, 0.15) is 23.4 Å². The molecule has 3 saturated heterocycles. The summed E-state index contributed by atoms with van der Waals surface area (Å²) in [4.78, 5) is 60.0. The van der Waals surface area contributed by atoms with E-state index in [0.29, 0.717) is 66.0 Å². The van der Waals surface area contributed by atoms with Gasteiger partial charge in [-0.15, -0.1) is 25.0 Å². The van der Waals surface area contributed by atoms with Gasteiger partial charge >= 0.3 is 6.18 Å². The number of nitrogens with zero attached hydrogens (tertiary/aromatic N) is 5. The van der Waals surface area contributed by atoms with Crippen LogP contribution in [0.15, 0.2) is 48.7 Å². The first-order valence-corrected chi connectivity index (χ1v) is 21.0. The smallest absolute Gasteiger partial charge is 0.419 e. The van der Waals surface area contributed by atoms with E-state index < -0.39 is 46.5 Å². The Hall–Kier alpha value is -4.76. The van der Waals surface area contributed by atoms with Crippen molar-refractivity contribution in [3.63, 3.8) is 0 Å². The number of carbonyl (C=O) groups is 4. The number of likely N-dealkylation sites (tertiary alicyclic amines) is 1. The fourth-order valence-corrected chi connectivity index (χ4v) is 9.37. The maximum Gasteiger partial charge on any atom is 0.419 e. The van der Waals surface area contributed by atoms with E-state index in [9.17, 15) is 37.6 Å². The van der Waals surface area contributed by atoms with E-state index in [2.05, 4.69) is 25.8 Å². The molecule has 3 atom stereocenters. The summed E-state index contributed by atoms with van der Waals surface area (Å²) in [5.74, 6) is -0.132. The van der Waals surface area contributed by atoms with Crippen LogP contribution in [-0.2, 0) is 31.8 Å². The van der Waals surface area contributed by atoms with Crippen molar-refractivity contribution in [3.8, 4) is 11.8 Å². The number of carbonyl (C=O) groups excluding carboxylic acids is 4. The molecule has 1 aliphatic carbocycles. The standard InChI is InChI=1S/C42H46ClF3N8O5S.ClH/c1-3-26-17-30(54-40(60)53(39(58)41(54)12-4-13-41)31-21-32(42(44,45)46)34(22-47)48-23-31)5-7-35(26)59-16-11-25-9-14-52(15-10-25)24(2)37(56)50-29-19-27(43)18-28(20-29)49-33-6-8-36(55)51-38(33)57;/h5,7,17-21,23-25,33,40,49,60H,3-4,6,8-16H2,1-2H3,(H,50,56)(H,51,55,57);1H/t24-,33-,40+;/m1./s1. The molecular weight excluding hydrogens is 856 g/mol. The molecule has 3 aliphatic heterocycles. The van der Waals surface area contributed by atoms with Crippen LogP contribution in [0.5, 0.6) is 5.75 Å². The molecule has 4 aliphatic rings. The molecule has 1 spiro atoms. The highest BCUT2D eigenvalue weighted by molar-refractivity contribution is 7.81. The minimum atomic E-state index is -4.83. The van der Waals surface area contributed by atoms with Crippen molar-refractivity contribution in [3.05, 3.63) is 70.5 Å². The summed E-state index contributed by atoms with van der Waals surface area (Å²) in [5.41, 5.74) is -1.25.